The highest BCUT2D eigenvalue weighted by atomic mass is 32.1. The summed E-state index contributed by atoms with van der Waals surface area (Å²) in [6.07, 6.45) is 2.27. The molecule has 0 radical (unpaired) electrons. The van der Waals surface area contributed by atoms with Gasteiger partial charge in [0.1, 0.15) is 5.82 Å². The summed E-state index contributed by atoms with van der Waals surface area (Å²) < 4.78 is 0. The molecule has 0 unspecified atom stereocenters. The summed E-state index contributed by atoms with van der Waals surface area (Å²) >= 11 is 1.78. The van der Waals surface area contributed by atoms with E-state index in [9.17, 15) is 0 Å². The van der Waals surface area contributed by atoms with Gasteiger partial charge in [0.25, 0.3) is 0 Å². The van der Waals surface area contributed by atoms with E-state index in [1.807, 2.05) is 32.1 Å². The molecule has 4 rings (SSSR count). The number of nitrogens with one attached hydrogen (secondary N) is 2. The molecule has 1 aliphatic rings. The number of nitrogens with zero attached hydrogens (tertiary/aromatic N) is 4. The van der Waals surface area contributed by atoms with Crippen molar-refractivity contribution < 1.29 is 0 Å². The zero-order valence-corrected chi connectivity index (χ0v) is 19.5. The van der Waals surface area contributed by atoms with Gasteiger partial charge >= 0.3 is 0 Å². The second-order valence-electron chi connectivity index (χ2n) is 8.30. The predicted molar refractivity (Wildman–Crippen MR) is 132 cm³/mol. The lowest BCUT2D eigenvalue weighted by molar-refractivity contribution is 0.198. The quantitative estimate of drug-likeness (QED) is 0.456. The highest BCUT2D eigenvalue weighted by Gasteiger charge is 2.20. The molecule has 1 aromatic carbocycles. The van der Waals surface area contributed by atoms with Crippen LogP contribution in [0.25, 0.3) is 10.9 Å². The molecule has 6 nitrogen and oxygen atoms in total. The van der Waals surface area contributed by atoms with Gasteiger partial charge in [-0.25, -0.2) is 4.98 Å². The van der Waals surface area contributed by atoms with E-state index >= 15 is 0 Å². The molecular weight excluding hydrogens is 404 g/mol. The molecule has 0 bridgehead atoms. The number of fused-ring (bicyclic) bond motifs is 1. The Hall–Kier alpha value is -2.64. The number of guanidine groups is 1. The van der Waals surface area contributed by atoms with Crippen LogP contribution in [0.3, 0.4) is 0 Å². The lowest BCUT2D eigenvalue weighted by Crippen LogP contribution is -2.48. The van der Waals surface area contributed by atoms with Gasteiger partial charge in [-0.1, -0.05) is 18.2 Å². The number of aromatic nitrogens is 1. The Morgan fingerprint density at radius 2 is 2.03 bits per heavy atom. The summed E-state index contributed by atoms with van der Waals surface area (Å²) in [6, 6.07) is 13.2. The molecule has 0 atom stereocenters. The summed E-state index contributed by atoms with van der Waals surface area (Å²) in [4.78, 5) is 13.8. The summed E-state index contributed by atoms with van der Waals surface area (Å²) in [5, 5.41) is 12.7. The monoisotopic (exact) mass is 436 g/mol. The molecule has 0 saturated carbocycles. The fourth-order valence-electron chi connectivity index (χ4n) is 4.05. The third-order valence-corrected chi connectivity index (χ3v) is 6.56. The molecule has 31 heavy (non-hydrogen) atoms. The van der Waals surface area contributed by atoms with E-state index in [-0.39, 0.29) is 0 Å². The van der Waals surface area contributed by atoms with E-state index in [1.54, 1.807) is 11.3 Å². The Balaban J connectivity index is 1.34. The standard InChI is InChI=1S/C24H32N6S/c1-25-24(27-20-8-11-30(12-9-20)16-18-10-13-31-17-18)26-15-19-14-23(29(2)3)28-22-7-5-4-6-21(19)22/h4-7,10,13-14,17,20H,8-9,11-12,15-16H2,1-3H3,(H2,25,26,27). The molecule has 7 heteroatoms. The predicted octanol–water partition coefficient (Wildman–Crippen LogP) is 3.69. The molecule has 2 N–H and O–H groups in total. The summed E-state index contributed by atoms with van der Waals surface area (Å²) in [5.41, 5.74) is 3.67. The fraction of sp³-hybridized carbons (Fsp3) is 0.417. The number of aliphatic imine (C=N–C) groups is 1. The van der Waals surface area contributed by atoms with Crippen LogP contribution in [-0.4, -0.2) is 56.1 Å². The molecule has 1 saturated heterocycles. The van der Waals surface area contributed by atoms with Crippen LogP contribution in [0.15, 0.2) is 52.2 Å². The Morgan fingerprint density at radius 3 is 2.74 bits per heavy atom. The minimum atomic E-state index is 0.455. The second kappa shape index (κ2) is 10.1. The number of rotatable bonds is 6. The molecule has 0 aliphatic carbocycles. The SMILES string of the molecule is CN=C(NCc1cc(N(C)C)nc2ccccc12)NC1CCN(Cc2ccsc2)CC1. The third kappa shape index (κ3) is 5.54. The van der Waals surface area contributed by atoms with Gasteiger partial charge in [-0.2, -0.15) is 11.3 Å². The van der Waals surface area contributed by atoms with Gasteiger partial charge in [-0.15, -0.1) is 0 Å². The Bertz CT molecular complexity index is 1010. The van der Waals surface area contributed by atoms with E-state index < -0.39 is 0 Å². The number of hydrogen-bond donors (Lipinski definition) is 2. The van der Waals surface area contributed by atoms with Gasteiger partial charge in [0.05, 0.1) is 5.52 Å². The van der Waals surface area contributed by atoms with Crippen molar-refractivity contribution in [3.05, 3.63) is 58.3 Å². The van der Waals surface area contributed by atoms with Crippen LogP contribution in [0.5, 0.6) is 0 Å². The van der Waals surface area contributed by atoms with Crippen LogP contribution in [-0.2, 0) is 13.1 Å². The van der Waals surface area contributed by atoms with Gasteiger partial charge in [-0.3, -0.25) is 9.89 Å². The molecule has 3 heterocycles. The Morgan fingerprint density at radius 1 is 1.23 bits per heavy atom. The Kier molecular flexibility index (Phi) is 7.04. The highest BCUT2D eigenvalue weighted by Crippen LogP contribution is 2.22. The van der Waals surface area contributed by atoms with Gasteiger partial charge in [0.2, 0.25) is 0 Å². The lowest BCUT2D eigenvalue weighted by Gasteiger charge is -2.33. The van der Waals surface area contributed by atoms with Crippen LogP contribution in [0.1, 0.15) is 24.0 Å². The number of piperidine rings is 1. The van der Waals surface area contributed by atoms with Crippen molar-refractivity contribution in [1.82, 2.24) is 20.5 Å². The maximum atomic E-state index is 4.76. The third-order valence-electron chi connectivity index (χ3n) is 5.83. The highest BCUT2D eigenvalue weighted by molar-refractivity contribution is 7.07. The van der Waals surface area contributed by atoms with Gasteiger partial charge in [0, 0.05) is 58.8 Å². The lowest BCUT2D eigenvalue weighted by atomic mass is 10.0. The van der Waals surface area contributed by atoms with Gasteiger partial charge < -0.3 is 15.5 Å². The first-order valence-electron chi connectivity index (χ1n) is 10.9. The summed E-state index contributed by atoms with van der Waals surface area (Å²) in [5.74, 6) is 1.83. The minimum absolute atomic E-state index is 0.455. The fourth-order valence-corrected chi connectivity index (χ4v) is 4.71. The number of thiophene rings is 1. The Labute approximate surface area is 189 Å². The van der Waals surface area contributed by atoms with Gasteiger partial charge in [0.15, 0.2) is 5.96 Å². The van der Waals surface area contributed by atoms with Crippen LogP contribution < -0.4 is 15.5 Å². The number of benzene rings is 1. The van der Waals surface area contributed by atoms with Crippen molar-refractivity contribution in [3.63, 3.8) is 0 Å². The van der Waals surface area contributed by atoms with E-state index in [4.69, 9.17) is 4.98 Å². The van der Waals surface area contributed by atoms with Crippen molar-refractivity contribution in [2.45, 2.75) is 32.0 Å². The summed E-state index contributed by atoms with van der Waals surface area (Å²) in [7, 11) is 5.90. The number of likely N-dealkylation sites (tertiary alicyclic amines) is 1. The maximum absolute atomic E-state index is 4.76. The maximum Gasteiger partial charge on any atom is 0.191 e. The van der Waals surface area contributed by atoms with E-state index in [1.165, 1.54) is 16.5 Å². The largest absolute Gasteiger partial charge is 0.363 e. The van der Waals surface area contributed by atoms with Crippen LogP contribution >= 0.6 is 11.3 Å². The van der Waals surface area contributed by atoms with Crippen molar-refractivity contribution >= 4 is 34.0 Å². The van der Waals surface area contributed by atoms with E-state index in [2.05, 4.69) is 61.6 Å². The second-order valence-corrected chi connectivity index (χ2v) is 9.08. The number of pyridine rings is 1. The topological polar surface area (TPSA) is 55.8 Å². The number of hydrogen-bond acceptors (Lipinski definition) is 5. The van der Waals surface area contributed by atoms with Crippen LogP contribution in [0.4, 0.5) is 5.82 Å². The molecule has 0 amide bonds. The molecule has 2 aromatic heterocycles. The van der Waals surface area contributed by atoms with Crippen molar-refractivity contribution in [2.24, 2.45) is 4.99 Å². The molecule has 1 aliphatic heterocycles. The van der Waals surface area contributed by atoms with Crippen LogP contribution in [0, 0.1) is 0 Å². The van der Waals surface area contributed by atoms with Crippen LogP contribution in [0.2, 0.25) is 0 Å². The molecule has 1 fully saturated rings. The number of anilines is 1. The molecular formula is C24H32N6S. The zero-order chi connectivity index (χ0) is 21.6. The molecule has 164 valence electrons. The average Bonchev–Trinajstić information content (AvgIpc) is 3.30. The summed E-state index contributed by atoms with van der Waals surface area (Å²) in [6.45, 7) is 4.00. The first kappa shape index (κ1) is 21.6. The van der Waals surface area contributed by atoms with Crippen molar-refractivity contribution in [1.29, 1.82) is 0 Å². The van der Waals surface area contributed by atoms with Crippen molar-refractivity contribution in [3.8, 4) is 0 Å². The minimum Gasteiger partial charge on any atom is -0.363 e. The first-order valence-corrected chi connectivity index (χ1v) is 11.8. The van der Waals surface area contributed by atoms with E-state index in [0.717, 1.165) is 49.8 Å². The molecule has 3 aromatic rings. The van der Waals surface area contributed by atoms with E-state index in [0.29, 0.717) is 12.6 Å². The van der Waals surface area contributed by atoms with Gasteiger partial charge in [-0.05, 0) is 52.9 Å². The van der Waals surface area contributed by atoms with Crippen molar-refractivity contribution in [2.75, 3.05) is 39.1 Å². The number of para-hydroxylation sites is 1. The normalized spacial score (nSPS) is 15.9. The zero-order valence-electron chi connectivity index (χ0n) is 18.6. The first-order chi connectivity index (χ1) is 15.1. The smallest absolute Gasteiger partial charge is 0.191 e. The average molecular weight is 437 g/mol. The molecule has 0 spiro atoms.